The highest BCUT2D eigenvalue weighted by molar-refractivity contribution is 6.33. The van der Waals surface area contributed by atoms with Gasteiger partial charge in [0.15, 0.2) is 0 Å². The average molecular weight is 444 g/mol. The third-order valence-electron chi connectivity index (χ3n) is 5.31. The smallest absolute Gasteiger partial charge is 0.246 e. The summed E-state index contributed by atoms with van der Waals surface area (Å²) in [4.78, 5) is 27.8. The van der Waals surface area contributed by atoms with Crippen molar-refractivity contribution in [1.82, 2.24) is 9.80 Å². The van der Waals surface area contributed by atoms with Crippen LogP contribution in [-0.4, -0.2) is 66.6 Å². The molecule has 164 valence electrons. The van der Waals surface area contributed by atoms with E-state index in [0.717, 1.165) is 11.1 Å². The minimum atomic E-state index is -0.217. The summed E-state index contributed by atoms with van der Waals surface area (Å²) in [6.07, 6.45) is 1.29. The number of aliphatic hydroxyl groups excluding tert-OH is 1. The molecule has 0 bridgehead atoms. The van der Waals surface area contributed by atoms with Crippen LogP contribution < -0.4 is 10.1 Å². The molecule has 1 saturated heterocycles. The van der Waals surface area contributed by atoms with Gasteiger partial charge in [0.1, 0.15) is 5.75 Å². The molecule has 0 aromatic heterocycles. The fraction of sp³-hybridized carbons (Fsp3) is 0.304. The van der Waals surface area contributed by atoms with Crippen molar-refractivity contribution in [1.29, 1.82) is 0 Å². The molecule has 2 N–H and O–H groups in total. The van der Waals surface area contributed by atoms with Gasteiger partial charge in [0.05, 0.1) is 20.3 Å². The zero-order chi connectivity index (χ0) is 22.4. The molecule has 3 rings (SSSR count). The predicted molar refractivity (Wildman–Crippen MR) is 121 cm³/mol. The van der Waals surface area contributed by atoms with Gasteiger partial charge in [-0.1, -0.05) is 36.4 Å². The fourth-order valence-corrected chi connectivity index (χ4v) is 3.86. The van der Waals surface area contributed by atoms with Gasteiger partial charge in [-0.3, -0.25) is 9.59 Å². The van der Waals surface area contributed by atoms with Crippen molar-refractivity contribution >= 4 is 29.1 Å². The molecule has 0 unspecified atom stereocenters. The second kappa shape index (κ2) is 10.3. The van der Waals surface area contributed by atoms with Crippen LogP contribution in [0.5, 0.6) is 5.75 Å². The molecular weight excluding hydrogens is 418 g/mol. The van der Waals surface area contributed by atoms with E-state index in [-0.39, 0.29) is 25.0 Å². The first-order valence-corrected chi connectivity index (χ1v) is 10.4. The van der Waals surface area contributed by atoms with Crippen LogP contribution in [0.4, 0.5) is 5.69 Å². The van der Waals surface area contributed by atoms with Crippen LogP contribution in [-0.2, 0) is 16.2 Å². The van der Waals surface area contributed by atoms with Gasteiger partial charge >= 0.3 is 0 Å². The molecule has 8 heteroatoms. The summed E-state index contributed by atoms with van der Waals surface area (Å²) in [5, 5.41) is 13.4. The maximum absolute atomic E-state index is 12.7. The number of hydrogen-bond acceptors (Lipinski definition) is 5. The van der Waals surface area contributed by atoms with Crippen LogP contribution in [0.2, 0.25) is 5.02 Å². The number of ether oxygens (including phenoxy) is 1. The Kier molecular flexibility index (Phi) is 7.55. The number of halogens is 1. The molecule has 0 spiro atoms. The van der Waals surface area contributed by atoms with Crippen LogP contribution in [0.1, 0.15) is 5.56 Å². The highest BCUT2D eigenvalue weighted by Gasteiger charge is 2.23. The van der Waals surface area contributed by atoms with E-state index in [0.29, 0.717) is 48.2 Å². The first-order chi connectivity index (χ1) is 15.0. The van der Waals surface area contributed by atoms with Crippen molar-refractivity contribution in [3.05, 3.63) is 59.6 Å². The van der Waals surface area contributed by atoms with Gasteiger partial charge in [-0.25, -0.2) is 0 Å². The van der Waals surface area contributed by atoms with Crippen molar-refractivity contribution in [2.45, 2.75) is 6.61 Å². The van der Waals surface area contributed by atoms with Crippen LogP contribution in [0.3, 0.4) is 0 Å². The number of rotatable bonds is 7. The largest absolute Gasteiger partial charge is 0.496 e. The number of nitrogens with one attached hydrogen (secondary N) is 1. The number of anilines is 1. The van der Waals surface area contributed by atoms with Gasteiger partial charge in [-0.2, -0.15) is 0 Å². The Hall–Kier alpha value is -3.03. The normalized spacial score (nSPS) is 13.6. The Bertz CT molecular complexity index is 971. The second-order valence-corrected chi connectivity index (χ2v) is 7.52. The highest BCUT2D eigenvalue weighted by atomic mass is 35.5. The molecular formula is C23H26ClN3O4. The van der Waals surface area contributed by atoms with Gasteiger partial charge in [0, 0.05) is 53.6 Å². The SMILES string of the molecule is C=CC(=O)N1CCN(C(=O)CNc2cc(-c3ccccc3OC)c(Cl)cc2CO)CC1. The van der Waals surface area contributed by atoms with Crippen molar-refractivity contribution < 1.29 is 19.4 Å². The zero-order valence-corrected chi connectivity index (χ0v) is 18.2. The van der Waals surface area contributed by atoms with E-state index >= 15 is 0 Å². The van der Waals surface area contributed by atoms with Crippen molar-refractivity contribution in [3.8, 4) is 16.9 Å². The molecule has 0 saturated carbocycles. The number of amides is 2. The van der Waals surface area contributed by atoms with Gasteiger partial charge in [-0.05, 0) is 24.3 Å². The summed E-state index contributed by atoms with van der Waals surface area (Å²) in [6.45, 7) is 5.25. The quantitative estimate of drug-likeness (QED) is 0.643. The average Bonchev–Trinajstić information content (AvgIpc) is 2.82. The molecule has 1 heterocycles. The van der Waals surface area contributed by atoms with E-state index in [4.69, 9.17) is 16.3 Å². The van der Waals surface area contributed by atoms with Crippen LogP contribution in [0, 0.1) is 0 Å². The summed E-state index contributed by atoms with van der Waals surface area (Å²) in [5.41, 5.74) is 2.78. The molecule has 2 aromatic carbocycles. The van der Waals surface area contributed by atoms with Crippen molar-refractivity contribution in [2.75, 3.05) is 45.2 Å². The van der Waals surface area contributed by atoms with E-state index in [2.05, 4.69) is 11.9 Å². The lowest BCUT2D eigenvalue weighted by molar-refractivity contribution is -0.135. The molecule has 0 aliphatic carbocycles. The minimum Gasteiger partial charge on any atom is -0.496 e. The number of nitrogens with zero attached hydrogens (tertiary/aromatic N) is 2. The van der Waals surface area contributed by atoms with Crippen molar-refractivity contribution in [2.24, 2.45) is 0 Å². The van der Waals surface area contributed by atoms with Crippen LogP contribution in [0.15, 0.2) is 49.1 Å². The topological polar surface area (TPSA) is 82.1 Å². The number of para-hydroxylation sites is 1. The molecule has 1 aliphatic heterocycles. The first-order valence-electron chi connectivity index (χ1n) is 9.98. The van der Waals surface area contributed by atoms with Gasteiger partial charge in [0.25, 0.3) is 0 Å². The molecule has 2 amide bonds. The lowest BCUT2D eigenvalue weighted by atomic mass is 10.0. The minimum absolute atomic E-state index is 0.0649. The molecule has 1 aliphatic rings. The summed E-state index contributed by atoms with van der Waals surface area (Å²) in [7, 11) is 1.59. The Morgan fingerprint density at radius 2 is 1.84 bits per heavy atom. The van der Waals surface area contributed by atoms with Crippen LogP contribution in [0.25, 0.3) is 11.1 Å². The lowest BCUT2D eigenvalue weighted by Gasteiger charge is -2.34. The monoisotopic (exact) mass is 443 g/mol. The number of aliphatic hydroxyl groups is 1. The predicted octanol–water partition coefficient (Wildman–Crippen LogP) is 2.78. The molecule has 2 aromatic rings. The van der Waals surface area contributed by atoms with E-state index in [9.17, 15) is 14.7 Å². The molecule has 7 nitrogen and oxygen atoms in total. The van der Waals surface area contributed by atoms with E-state index in [1.54, 1.807) is 23.0 Å². The van der Waals surface area contributed by atoms with E-state index in [1.165, 1.54) is 6.08 Å². The number of benzene rings is 2. The number of hydrogen-bond donors (Lipinski definition) is 2. The van der Waals surface area contributed by atoms with Gasteiger partial charge in [0.2, 0.25) is 11.8 Å². The highest BCUT2D eigenvalue weighted by Crippen LogP contribution is 2.38. The van der Waals surface area contributed by atoms with Gasteiger partial charge < -0.3 is 25.0 Å². The summed E-state index contributed by atoms with van der Waals surface area (Å²) in [5.74, 6) is 0.473. The number of methoxy groups -OCH3 is 1. The Balaban J connectivity index is 1.73. The van der Waals surface area contributed by atoms with Crippen LogP contribution >= 0.6 is 11.6 Å². The molecule has 0 atom stereocenters. The Morgan fingerprint density at radius 3 is 2.48 bits per heavy atom. The third-order valence-corrected chi connectivity index (χ3v) is 5.62. The molecule has 31 heavy (non-hydrogen) atoms. The number of carbonyl (C=O) groups is 2. The standard InChI is InChI=1S/C23H26ClN3O4/c1-3-22(29)26-8-10-27(11-9-26)23(30)14-25-20-13-18(19(24)12-16(20)15-28)17-6-4-5-7-21(17)31-2/h3-7,12-13,25,28H,1,8-11,14-15H2,2H3. The molecule has 0 radical (unpaired) electrons. The lowest BCUT2D eigenvalue weighted by Crippen LogP contribution is -2.51. The summed E-state index contributed by atoms with van der Waals surface area (Å²) >= 11 is 6.47. The van der Waals surface area contributed by atoms with Gasteiger partial charge in [-0.15, -0.1) is 0 Å². The summed E-state index contributed by atoms with van der Waals surface area (Å²) in [6, 6.07) is 11.0. The van der Waals surface area contributed by atoms with E-state index in [1.807, 2.05) is 30.3 Å². The van der Waals surface area contributed by atoms with Crippen molar-refractivity contribution in [3.63, 3.8) is 0 Å². The number of piperazine rings is 1. The zero-order valence-electron chi connectivity index (χ0n) is 17.4. The molecule has 1 fully saturated rings. The first kappa shape index (κ1) is 22.7. The maximum atomic E-state index is 12.7. The van der Waals surface area contributed by atoms with E-state index < -0.39 is 0 Å². The second-order valence-electron chi connectivity index (χ2n) is 7.11. The fourth-order valence-electron chi connectivity index (χ4n) is 3.57. The maximum Gasteiger partial charge on any atom is 0.246 e. The Labute approximate surface area is 186 Å². The Morgan fingerprint density at radius 1 is 1.16 bits per heavy atom. The number of carbonyl (C=O) groups excluding carboxylic acids is 2. The third kappa shape index (κ3) is 5.18. The summed E-state index contributed by atoms with van der Waals surface area (Å²) < 4.78 is 5.44.